The number of hydrogen-bond donors (Lipinski definition) is 3. The summed E-state index contributed by atoms with van der Waals surface area (Å²) in [7, 11) is 1.82. The summed E-state index contributed by atoms with van der Waals surface area (Å²) in [5.41, 5.74) is 5.59. The highest BCUT2D eigenvalue weighted by Gasteiger charge is 2.08. The number of nitrogens with one attached hydrogen (secondary N) is 2. The third-order valence-corrected chi connectivity index (χ3v) is 2.34. The number of pyridine rings is 1. The van der Waals surface area contributed by atoms with Crippen molar-refractivity contribution in [2.24, 2.45) is 5.73 Å². The van der Waals surface area contributed by atoms with E-state index in [1.54, 1.807) is 0 Å². The van der Waals surface area contributed by atoms with Gasteiger partial charge < -0.3 is 16.4 Å². The molecule has 7 heteroatoms. The van der Waals surface area contributed by atoms with Gasteiger partial charge in [-0.3, -0.25) is 14.6 Å². The summed E-state index contributed by atoms with van der Waals surface area (Å²) < 4.78 is 0. The van der Waals surface area contributed by atoms with Crippen molar-refractivity contribution < 1.29 is 9.59 Å². The van der Waals surface area contributed by atoms with Crippen LogP contribution in [0, 0.1) is 0 Å². The van der Waals surface area contributed by atoms with Crippen molar-refractivity contribution in [3.05, 3.63) is 29.6 Å². The van der Waals surface area contributed by atoms with Gasteiger partial charge in [0.15, 0.2) is 0 Å². The Morgan fingerprint density at radius 3 is 2.56 bits per heavy atom. The van der Waals surface area contributed by atoms with Crippen LogP contribution in [0.4, 0.5) is 0 Å². The zero-order valence-electron chi connectivity index (χ0n) is 10.3. The van der Waals surface area contributed by atoms with E-state index >= 15 is 0 Å². The number of nitrogens with two attached hydrogens (primary N) is 1. The number of amides is 2. The van der Waals surface area contributed by atoms with Gasteiger partial charge in [0, 0.05) is 18.8 Å². The van der Waals surface area contributed by atoms with E-state index in [1.807, 2.05) is 14.0 Å². The van der Waals surface area contributed by atoms with Gasteiger partial charge in [-0.2, -0.15) is 0 Å². The maximum absolute atomic E-state index is 11.7. The fourth-order valence-electron chi connectivity index (χ4n) is 1.12. The molecule has 1 heterocycles. The van der Waals surface area contributed by atoms with Crippen molar-refractivity contribution in [1.29, 1.82) is 0 Å². The predicted molar refractivity (Wildman–Crippen MR) is 70.9 cm³/mol. The van der Waals surface area contributed by atoms with Crippen LogP contribution >= 0.6 is 12.4 Å². The molecule has 0 aliphatic carbocycles. The molecule has 100 valence electrons. The van der Waals surface area contributed by atoms with E-state index in [0.717, 1.165) is 0 Å². The number of halogens is 1. The Bertz CT molecular complexity index is 408. The van der Waals surface area contributed by atoms with Crippen molar-refractivity contribution in [2.45, 2.75) is 13.0 Å². The molecule has 0 radical (unpaired) electrons. The van der Waals surface area contributed by atoms with Gasteiger partial charge in [-0.25, -0.2) is 0 Å². The van der Waals surface area contributed by atoms with Gasteiger partial charge in [0.05, 0.1) is 5.56 Å². The molecule has 1 unspecified atom stereocenters. The Hall–Kier alpha value is -1.66. The van der Waals surface area contributed by atoms with Crippen LogP contribution in [0.5, 0.6) is 0 Å². The molecule has 1 rings (SSSR count). The van der Waals surface area contributed by atoms with Gasteiger partial charge in [-0.15, -0.1) is 12.4 Å². The lowest BCUT2D eigenvalue weighted by atomic mass is 10.2. The van der Waals surface area contributed by atoms with E-state index in [9.17, 15) is 9.59 Å². The molecule has 0 saturated heterocycles. The maximum Gasteiger partial charge on any atom is 0.267 e. The molecule has 1 aromatic heterocycles. The Labute approximate surface area is 112 Å². The minimum Gasteiger partial charge on any atom is -0.364 e. The molecular formula is C11H17ClN4O2. The fourth-order valence-corrected chi connectivity index (χ4v) is 1.12. The molecule has 0 saturated carbocycles. The second-order valence-electron chi connectivity index (χ2n) is 3.70. The zero-order chi connectivity index (χ0) is 12.8. The van der Waals surface area contributed by atoms with Crippen LogP contribution in [0.1, 0.15) is 27.8 Å². The lowest BCUT2D eigenvalue weighted by molar-refractivity contribution is 0.0946. The highest BCUT2D eigenvalue weighted by Crippen LogP contribution is 1.99. The van der Waals surface area contributed by atoms with Crippen molar-refractivity contribution in [3.63, 3.8) is 0 Å². The average molecular weight is 273 g/mol. The van der Waals surface area contributed by atoms with E-state index in [1.165, 1.54) is 18.3 Å². The second kappa shape index (κ2) is 7.62. The SMILES string of the molecule is CNC(C)CNC(=O)c1ccc(C(N)=O)nc1.Cl. The summed E-state index contributed by atoms with van der Waals surface area (Å²) in [5.74, 6) is -0.837. The standard InChI is InChI=1S/C11H16N4O2.ClH/c1-7(13-2)5-15-11(17)8-3-4-9(10(12)16)14-6-8;/h3-4,6-7,13H,5H2,1-2H3,(H2,12,16)(H,15,17);1H. The third-order valence-electron chi connectivity index (χ3n) is 2.34. The predicted octanol–water partition coefficient (Wildman–Crippen LogP) is -0.0600. The topological polar surface area (TPSA) is 97.1 Å². The number of likely N-dealkylation sites (N-methyl/N-ethyl adjacent to an activating group) is 1. The smallest absolute Gasteiger partial charge is 0.267 e. The van der Waals surface area contributed by atoms with Crippen LogP contribution in [0.2, 0.25) is 0 Å². The van der Waals surface area contributed by atoms with Crippen LogP contribution in [0.3, 0.4) is 0 Å². The van der Waals surface area contributed by atoms with Crippen LogP contribution in [-0.4, -0.2) is 36.4 Å². The molecule has 1 atom stereocenters. The second-order valence-corrected chi connectivity index (χ2v) is 3.70. The monoisotopic (exact) mass is 272 g/mol. The highest BCUT2D eigenvalue weighted by molar-refractivity contribution is 5.95. The molecule has 0 bridgehead atoms. The first-order valence-electron chi connectivity index (χ1n) is 5.26. The van der Waals surface area contributed by atoms with Crippen molar-refractivity contribution in [3.8, 4) is 0 Å². The normalized spacial score (nSPS) is 11.2. The summed E-state index contributed by atoms with van der Waals surface area (Å²) in [4.78, 5) is 26.2. The molecule has 1 aromatic rings. The van der Waals surface area contributed by atoms with Crippen molar-refractivity contribution >= 4 is 24.2 Å². The molecule has 0 fully saturated rings. The number of rotatable bonds is 5. The van der Waals surface area contributed by atoms with E-state index < -0.39 is 5.91 Å². The third kappa shape index (κ3) is 4.68. The summed E-state index contributed by atoms with van der Waals surface area (Å²) in [6.07, 6.45) is 1.33. The first kappa shape index (κ1) is 16.3. The van der Waals surface area contributed by atoms with Crippen LogP contribution in [0.15, 0.2) is 18.3 Å². The van der Waals surface area contributed by atoms with Crippen LogP contribution in [-0.2, 0) is 0 Å². The van der Waals surface area contributed by atoms with Gasteiger partial charge in [-0.1, -0.05) is 0 Å². The maximum atomic E-state index is 11.7. The molecule has 0 spiro atoms. The molecule has 4 N–H and O–H groups in total. The number of nitrogens with zero attached hydrogens (tertiary/aromatic N) is 1. The first-order chi connectivity index (χ1) is 8.04. The van der Waals surface area contributed by atoms with Gasteiger partial charge in [0.25, 0.3) is 11.8 Å². The lowest BCUT2D eigenvalue weighted by Gasteiger charge is -2.11. The van der Waals surface area contributed by atoms with Gasteiger partial charge >= 0.3 is 0 Å². The van der Waals surface area contributed by atoms with Gasteiger partial charge in [-0.05, 0) is 26.1 Å². The molecule has 0 aliphatic rings. The minimum atomic E-state index is -0.610. The van der Waals surface area contributed by atoms with E-state index in [0.29, 0.717) is 12.1 Å². The number of aromatic nitrogens is 1. The van der Waals surface area contributed by atoms with E-state index in [-0.39, 0.29) is 30.0 Å². The number of carbonyl (C=O) groups excluding carboxylic acids is 2. The summed E-state index contributed by atoms with van der Waals surface area (Å²) in [5, 5.41) is 5.74. The average Bonchev–Trinajstić information content (AvgIpc) is 2.35. The highest BCUT2D eigenvalue weighted by atomic mass is 35.5. The summed E-state index contributed by atoms with van der Waals surface area (Å²) in [6, 6.07) is 3.14. The molecular weight excluding hydrogens is 256 g/mol. The molecule has 0 aliphatic heterocycles. The fraction of sp³-hybridized carbons (Fsp3) is 0.364. The molecule has 18 heavy (non-hydrogen) atoms. The van der Waals surface area contributed by atoms with Gasteiger partial charge in [0.1, 0.15) is 5.69 Å². The Morgan fingerprint density at radius 2 is 2.11 bits per heavy atom. The molecule has 2 amide bonds. The lowest BCUT2D eigenvalue weighted by Crippen LogP contribution is -2.37. The number of primary amides is 1. The Balaban J connectivity index is 0.00000289. The first-order valence-corrected chi connectivity index (χ1v) is 5.26. The van der Waals surface area contributed by atoms with Crippen molar-refractivity contribution in [1.82, 2.24) is 15.6 Å². The van der Waals surface area contributed by atoms with Crippen LogP contribution < -0.4 is 16.4 Å². The molecule has 6 nitrogen and oxygen atoms in total. The largest absolute Gasteiger partial charge is 0.364 e. The van der Waals surface area contributed by atoms with Crippen molar-refractivity contribution in [2.75, 3.05) is 13.6 Å². The zero-order valence-corrected chi connectivity index (χ0v) is 11.1. The van der Waals surface area contributed by atoms with Crippen LogP contribution in [0.25, 0.3) is 0 Å². The summed E-state index contributed by atoms with van der Waals surface area (Å²) in [6.45, 7) is 2.47. The Morgan fingerprint density at radius 1 is 1.44 bits per heavy atom. The minimum absolute atomic E-state index is 0. The van der Waals surface area contributed by atoms with E-state index in [2.05, 4.69) is 15.6 Å². The quantitative estimate of drug-likeness (QED) is 0.699. The van der Waals surface area contributed by atoms with Gasteiger partial charge in [0.2, 0.25) is 0 Å². The number of carbonyl (C=O) groups is 2. The van der Waals surface area contributed by atoms with E-state index in [4.69, 9.17) is 5.73 Å². The molecule has 0 aromatic carbocycles. The summed E-state index contributed by atoms with van der Waals surface area (Å²) >= 11 is 0. The Kier molecular flexibility index (Phi) is 6.92. The number of hydrogen-bond acceptors (Lipinski definition) is 4.